The van der Waals surface area contributed by atoms with Crippen LogP contribution in [-0.2, 0) is 4.74 Å². The molecular weight excluding hydrogens is 428 g/mol. The van der Waals surface area contributed by atoms with Crippen molar-refractivity contribution in [3.8, 4) is 28.2 Å². The van der Waals surface area contributed by atoms with Crippen LogP contribution in [0, 0.1) is 0 Å². The van der Waals surface area contributed by atoms with Gasteiger partial charge in [-0.2, -0.15) is 5.10 Å². The summed E-state index contributed by atoms with van der Waals surface area (Å²) in [6, 6.07) is 28.4. The number of nitrogens with zero attached hydrogens (tertiary/aromatic N) is 2. The molecule has 0 aliphatic rings. The molecule has 0 atom stereocenters. The van der Waals surface area contributed by atoms with E-state index in [0.717, 1.165) is 33.8 Å². The number of nitrogens with one attached hydrogen (secondary N) is 1. The topological polar surface area (TPSA) is 98.7 Å². The van der Waals surface area contributed by atoms with Gasteiger partial charge in [-0.1, -0.05) is 60.7 Å². The molecule has 4 rings (SSSR count). The van der Waals surface area contributed by atoms with Crippen molar-refractivity contribution in [1.82, 2.24) is 9.99 Å². The lowest BCUT2D eigenvalue weighted by atomic mass is 10.1. The fourth-order valence-corrected chi connectivity index (χ4v) is 3.74. The van der Waals surface area contributed by atoms with Crippen molar-refractivity contribution in [3.63, 3.8) is 0 Å². The van der Waals surface area contributed by atoms with E-state index in [2.05, 4.69) is 15.1 Å². The Morgan fingerprint density at radius 2 is 1.56 bits per heavy atom. The highest BCUT2D eigenvalue weighted by Gasteiger charge is 2.19. The molecule has 1 aromatic heterocycles. The molecule has 1 heterocycles. The molecule has 170 valence electrons. The van der Waals surface area contributed by atoms with Crippen molar-refractivity contribution in [2.75, 3.05) is 6.61 Å². The molecule has 34 heavy (non-hydrogen) atoms. The van der Waals surface area contributed by atoms with Gasteiger partial charge in [0.05, 0.1) is 29.8 Å². The van der Waals surface area contributed by atoms with Crippen LogP contribution in [0.2, 0.25) is 0 Å². The quantitative estimate of drug-likeness (QED) is 0.235. The highest BCUT2D eigenvalue weighted by molar-refractivity contribution is 5.94. The summed E-state index contributed by atoms with van der Waals surface area (Å²) < 4.78 is 7.22. The lowest BCUT2D eigenvalue weighted by Gasteiger charge is -2.15. The first-order chi connectivity index (χ1) is 16.6. The average Bonchev–Trinajstić information content (AvgIpc) is 3.24. The van der Waals surface area contributed by atoms with Crippen molar-refractivity contribution in [2.24, 2.45) is 10.8 Å². The summed E-state index contributed by atoms with van der Waals surface area (Å²) in [5, 5.41) is 4.00. The first-order valence-corrected chi connectivity index (χ1v) is 10.8. The number of aromatic nitrogens is 1. The Balaban J connectivity index is 1.94. The first kappa shape index (κ1) is 22.5. The van der Waals surface area contributed by atoms with Crippen LogP contribution in [0.4, 0.5) is 4.79 Å². The molecule has 0 aliphatic heterocycles. The molecule has 0 bridgehead atoms. The monoisotopic (exact) mass is 452 g/mol. The third-order valence-electron chi connectivity index (χ3n) is 5.16. The van der Waals surface area contributed by atoms with Crippen LogP contribution in [0.15, 0.2) is 96.1 Å². The van der Waals surface area contributed by atoms with Crippen molar-refractivity contribution in [1.29, 1.82) is 0 Å². The minimum Gasteiger partial charge on any atom is -0.462 e. The zero-order valence-electron chi connectivity index (χ0n) is 18.6. The van der Waals surface area contributed by atoms with Gasteiger partial charge in [0.15, 0.2) is 0 Å². The van der Waals surface area contributed by atoms with Gasteiger partial charge < -0.3 is 15.0 Å². The second-order valence-electron chi connectivity index (χ2n) is 7.40. The van der Waals surface area contributed by atoms with Crippen LogP contribution in [-0.4, -0.2) is 29.4 Å². The number of amides is 2. The maximum Gasteiger partial charge on any atom is 0.338 e. The minimum atomic E-state index is -0.741. The molecule has 0 saturated carbocycles. The van der Waals surface area contributed by atoms with Gasteiger partial charge in [0.25, 0.3) is 0 Å². The summed E-state index contributed by atoms with van der Waals surface area (Å²) in [4.78, 5) is 23.3. The zero-order valence-corrected chi connectivity index (χ0v) is 18.6. The molecular formula is C27H24N4O3. The molecule has 7 nitrogen and oxygen atoms in total. The van der Waals surface area contributed by atoms with E-state index in [9.17, 15) is 9.59 Å². The number of carbonyl (C=O) groups is 2. The van der Waals surface area contributed by atoms with Gasteiger partial charge in [-0.25, -0.2) is 15.0 Å². The summed E-state index contributed by atoms with van der Waals surface area (Å²) in [7, 11) is 0. The SMILES string of the molecule is CCOC(=O)c1ccc(-n2c(-c3ccccc3)cc(C=NNC(N)=O)c2-c2ccccc2)cc1. The maximum atomic E-state index is 12.2. The summed E-state index contributed by atoms with van der Waals surface area (Å²) in [6.45, 7) is 2.09. The van der Waals surface area contributed by atoms with Crippen molar-refractivity contribution < 1.29 is 14.3 Å². The van der Waals surface area contributed by atoms with Crippen LogP contribution in [0.25, 0.3) is 28.2 Å². The lowest BCUT2D eigenvalue weighted by Crippen LogP contribution is -2.24. The van der Waals surface area contributed by atoms with E-state index >= 15 is 0 Å². The molecule has 0 radical (unpaired) electrons. The number of nitrogens with two attached hydrogens (primary N) is 1. The van der Waals surface area contributed by atoms with Crippen LogP contribution in [0.5, 0.6) is 0 Å². The largest absolute Gasteiger partial charge is 0.462 e. The third kappa shape index (κ3) is 4.88. The summed E-state index contributed by atoms with van der Waals surface area (Å²) in [5.41, 5.74) is 13.3. The standard InChI is InChI=1S/C27H24N4O3/c1-2-34-26(32)21-13-15-23(16-14-21)31-24(19-9-5-3-6-10-19)17-22(18-29-30-27(28)33)25(31)20-11-7-4-8-12-20/h3-18H,2H2,1H3,(H3,28,30,33). The zero-order chi connectivity index (χ0) is 23.9. The lowest BCUT2D eigenvalue weighted by molar-refractivity contribution is 0.0526. The van der Waals surface area contributed by atoms with E-state index in [1.165, 1.54) is 0 Å². The normalized spacial score (nSPS) is 10.9. The van der Waals surface area contributed by atoms with E-state index in [4.69, 9.17) is 10.5 Å². The van der Waals surface area contributed by atoms with Crippen molar-refractivity contribution >= 4 is 18.2 Å². The van der Waals surface area contributed by atoms with Gasteiger partial charge in [-0.15, -0.1) is 0 Å². The summed E-state index contributed by atoms with van der Waals surface area (Å²) >= 11 is 0. The molecule has 3 N–H and O–H groups in total. The molecule has 0 spiro atoms. The average molecular weight is 453 g/mol. The van der Waals surface area contributed by atoms with Crippen LogP contribution in [0.1, 0.15) is 22.8 Å². The molecule has 0 aliphatic carbocycles. The number of rotatable bonds is 7. The number of carbonyl (C=O) groups excluding carboxylic acids is 2. The van der Waals surface area contributed by atoms with Gasteiger partial charge in [0.1, 0.15) is 0 Å². The highest BCUT2D eigenvalue weighted by atomic mass is 16.5. The molecule has 3 aromatic carbocycles. The predicted molar refractivity (Wildman–Crippen MR) is 133 cm³/mol. The predicted octanol–water partition coefficient (Wildman–Crippen LogP) is 4.99. The Hall–Kier alpha value is -4.65. The van der Waals surface area contributed by atoms with Crippen molar-refractivity contribution in [2.45, 2.75) is 6.92 Å². The highest BCUT2D eigenvalue weighted by Crippen LogP contribution is 2.35. The van der Waals surface area contributed by atoms with E-state index < -0.39 is 6.03 Å². The fourth-order valence-electron chi connectivity index (χ4n) is 3.74. The van der Waals surface area contributed by atoms with Crippen molar-refractivity contribution in [3.05, 3.63) is 102 Å². The number of hydrogen-bond donors (Lipinski definition) is 2. The Kier molecular flexibility index (Phi) is 6.84. The first-order valence-electron chi connectivity index (χ1n) is 10.8. The number of hydrazone groups is 1. The third-order valence-corrected chi connectivity index (χ3v) is 5.16. The van der Waals surface area contributed by atoms with Crippen LogP contribution in [0.3, 0.4) is 0 Å². The van der Waals surface area contributed by atoms with Crippen LogP contribution >= 0.6 is 0 Å². The van der Waals surface area contributed by atoms with Crippen LogP contribution < -0.4 is 11.2 Å². The Morgan fingerprint density at radius 1 is 0.941 bits per heavy atom. The van der Waals surface area contributed by atoms with Gasteiger partial charge >= 0.3 is 12.0 Å². The second kappa shape index (κ2) is 10.3. The minimum absolute atomic E-state index is 0.316. The van der Waals surface area contributed by atoms with Gasteiger partial charge in [0, 0.05) is 11.3 Å². The Labute approximate surface area is 197 Å². The summed E-state index contributed by atoms with van der Waals surface area (Å²) in [5.74, 6) is -0.363. The van der Waals surface area contributed by atoms with E-state index in [-0.39, 0.29) is 5.97 Å². The number of benzene rings is 3. The maximum absolute atomic E-state index is 12.2. The number of hydrogen-bond acceptors (Lipinski definition) is 4. The molecule has 4 aromatic rings. The fraction of sp³-hybridized carbons (Fsp3) is 0.0741. The van der Waals surface area contributed by atoms with E-state index in [0.29, 0.717) is 12.2 Å². The van der Waals surface area contributed by atoms with E-state index in [1.54, 1.807) is 25.3 Å². The number of ether oxygens (including phenoxy) is 1. The van der Waals surface area contributed by atoms with Gasteiger partial charge in [-0.05, 0) is 48.4 Å². The molecule has 0 saturated heterocycles. The number of esters is 1. The van der Waals surface area contributed by atoms with Gasteiger partial charge in [0.2, 0.25) is 0 Å². The molecule has 2 amide bonds. The Morgan fingerprint density at radius 3 is 2.15 bits per heavy atom. The van der Waals surface area contributed by atoms with E-state index in [1.807, 2.05) is 78.9 Å². The number of primary amides is 1. The summed E-state index contributed by atoms with van der Waals surface area (Å²) in [6.07, 6.45) is 1.57. The number of urea groups is 1. The molecule has 7 heteroatoms. The Bertz CT molecular complexity index is 1310. The second-order valence-corrected chi connectivity index (χ2v) is 7.40. The molecule has 0 fully saturated rings. The smallest absolute Gasteiger partial charge is 0.338 e. The molecule has 0 unspecified atom stereocenters. The van der Waals surface area contributed by atoms with Gasteiger partial charge in [-0.3, -0.25) is 0 Å².